The van der Waals surface area contributed by atoms with E-state index in [1.54, 1.807) is 31.5 Å². The van der Waals surface area contributed by atoms with Crippen molar-refractivity contribution in [3.63, 3.8) is 0 Å². The first-order valence-corrected chi connectivity index (χ1v) is 18.9. The number of hydrogen-bond acceptors (Lipinski definition) is 9. The van der Waals surface area contributed by atoms with Gasteiger partial charge in [0.2, 0.25) is 11.9 Å². The van der Waals surface area contributed by atoms with Crippen LogP contribution in [0.2, 0.25) is 0 Å². The molecule has 5 aliphatic carbocycles. The summed E-state index contributed by atoms with van der Waals surface area (Å²) >= 11 is 0. The molecular weight excluding hydrogens is 656 g/mol. The van der Waals surface area contributed by atoms with Crippen LogP contribution in [0.3, 0.4) is 0 Å². The first-order chi connectivity index (χ1) is 25.2. The summed E-state index contributed by atoms with van der Waals surface area (Å²) in [6.07, 6.45) is 13.9. The highest BCUT2D eigenvalue weighted by atomic mass is 16.5. The van der Waals surface area contributed by atoms with Gasteiger partial charge in [0.1, 0.15) is 11.4 Å². The summed E-state index contributed by atoms with van der Waals surface area (Å²) in [5, 5.41) is 6.96. The predicted octanol–water partition coefficient (Wildman–Crippen LogP) is 5.38. The molecule has 4 bridgehead atoms. The standard InChI is InChI=1S/C40H46N8O4/c1-24-13-35(49)48(30-7-8-41-33(17-30)38(51)43-28-3-4-28)37-31(24)23-42-39(45-37)44-32-6-5-29(18-34(32)52-2)46-9-11-47(12-10-46)36(50)22-40-19-25-14-26(20-40)16-27(15-25)21-40/h5-8,13,17-18,23,25-28H,3-4,9-12,14-16,19-22H2,1-2H3,(H,43,51)(H,42,44,45). The van der Waals surface area contributed by atoms with Gasteiger partial charge in [-0.3, -0.25) is 23.9 Å². The number of anilines is 3. The molecule has 6 fully saturated rings. The number of hydrogen-bond donors (Lipinski definition) is 2. The van der Waals surface area contributed by atoms with Gasteiger partial charge in [-0.05, 0) is 111 Å². The summed E-state index contributed by atoms with van der Waals surface area (Å²) in [5.74, 6) is 3.58. The van der Waals surface area contributed by atoms with E-state index < -0.39 is 0 Å². The number of ether oxygens (including phenoxy) is 1. The van der Waals surface area contributed by atoms with Crippen LogP contribution < -0.4 is 25.8 Å². The first-order valence-electron chi connectivity index (χ1n) is 18.9. The second-order valence-corrected chi connectivity index (χ2v) is 16.1. The lowest BCUT2D eigenvalue weighted by Gasteiger charge is -2.57. The van der Waals surface area contributed by atoms with Crippen LogP contribution in [-0.2, 0) is 4.79 Å². The molecule has 5 saturated carbocycles. The maximum Gasteiger partial charge on any atom is 0.270 e. The zero-order chi connectivity index (χ0) is 35.6. The molecule has 52 heavy (non-hydrogen) atoms. The normalized spacial score (nSPS) is 25.0. The average Bonchev–Trinajstić information content (AvgIpc) is 3.95. The maximum absolute atomic E-state index is 13.6. The molecule has 0 radical (unpaired) electrons. The number of aryl methyl sites for hydroxylation is 1. The van der Waals surface area contributed by atoms with Crippen molar-refractivity contribution in [2.75, 3.05) is 43.5 Å². The van der Waals surface area contributed by atoms with Crippen molar-refractivity contribution in [3.8, 4) is 11.4 Å². The first kappa shape index (κ1) is 32.9. The highest BCUT2D eigenvalue weighted by molar-refractivity contribution is 5.93. The minimum Gasteiger partial charge on any atom is -0.494 e. The van der Waals surface area contributed by atoms with Gasteiger partial charge in [0.05, 0.1) is 18.5 Å². The molecule has 4 aromatic rings. The highest BCUT2D eigenvalue weighted by Crippen LogP contribution is 2.61. The molecule has 12 heteroatoms. The summed E-state index contributed by atoms with van der Waals surface area (Å²) < 4.78 is 7.30. The van der Waals surface area contributed by atoms with Crippen LogP contribution in [0.5, 0.6) is 5.75 Å². The summed E-state index contributed by atoms with van der Waals surface area (Å²) in [6.45, 7) is 4.85. The molecule has 1 aliphatic heterocycles. The zero-order valence-corrected chi connectivity index (χ0v) is 29.9. The average molecular weight is 703 g/mol. The third-order valence-electron chi connectivity index (χ3n) is 12.2. The van der Waals surface area contributed by atoms with E-state index in [9.17, 15) is 14.4 Å². The lowest BCUT2D eigenvalue weighted by molar-refractivity contribution is -0.139. The summed E-state index contributed by atoms with van der Waals surface area (Å²) in [7, 11) is 1.63. The molecule has 10 rings (SSSR count). The Kier molecular flexibility index (Phi) is 8.15. The van der Waals surface area contributed by atoms with Crippen LogP contribution in [0.15, 0.2) is 53.6 Å². The van der Waals surface area contributed by atoms with Gasteiger partial charge < -0.3 is 25.2 Å². The van der Waals surface area contributed by atoms with E-state index >= 15 is 0 Å². The van der Waals surface area contributed by atoms with Gasteiger partial charge in [-0.2, -0.15) is 4.98 Å². The lowest BCUT2D eigenvalue weighted by Crippen LogP contribution is -2.52. The Bertz CT molecular complexity index is 2080. The largest absolute Gasteiger partial charge is 0.494 e. The van der Waals surface area contributed by atoms with Crippen LogP contribution in [0.1, 0.15) is 73.8 Å². The second kappa shape index (κ2) is 12.9. The molecule has 2 amide bonds. The van der Waals surface area contributed by atoms with Crippen LogP contribution in [0, 0.1) is 30.1 Å². The van der Waals surface area contributed by atoms with Crippen LogP contribution in [-0.4, -0.2) is 75.6 Å². The fourth-order valence-electron chi connectivity index (χ4n) is 9.99. The molecule has 1 saturated heterocycles. The van der Waals surface area contributed by atoms with Gasteiger partial charge >= 0.3 is 0 Å². The smallest absolute Gasteiger partial charge is 0.270 e. The molecule has 0 atom stereocenters. The van der Waals surface area contributed by atoms with Gasteiger partial charge in [-0.25, -0.2) is 4.98 Å². The zero-order valence-electron chi connectivity index (χ0n) is 29.9. The number of aromatic nitrogens is 4. The fraction of sp³-hybridized carbons (Fsp3) is 0.500. The Morgan fingerprint density at radius 1 is 0.923 bits per heavy atom. The quantitative estimate of drug-likeness (QED) is 0.236. The van der Waals surface area contributed by atoms with E-state index in [1.807, 2.05) is 25.1 Å². The summed E-state index contributed by atoms with van der Waals surface area (Å²) in [4.78, 5) is 57.7. The molecule has 6 aliphatic rings. The molecule has 0 unspecified atom stereocenters. The van der Waals surface area contributed by atoms with Crippen molar-refractivity contribution in [1.82, 2.24) is 29.7 Å². The van der Waals surface area contributed by atoms with Crippen molar-refractivity contribution >= 4 is 40.2 Å². The van der Waals surface area contributed by atoms with Gasteiger partial charge in [0.15, 0.2) is 5.65 Å². The third kappa shape index (κ3) is 6.26. The molecule has 3 aromatic heterocycles. The molecular formula is C40H46N8O4. The molecule has 0 spiro atoms. The van der Waals surface area contributed by atoms with Gasteiger partial charge in [-0.1, -0.05) is 0 Å². The maximum atomic E-state index is 13.6. The molecule has 2 N–H and O–H groups in total. The van der Waals surface area contributed by atoms with Crippen LogP contribution in [0.4, 0.5) is 17.3 Å². The van der Waals surface area contributed by atoms with Gasteiger partial charge in [-0.15, -0.1) is 0 Å². The minimum absolute atomic E-state index is 0.190. The number of carbonyl (C=O) groups excluding carboxylic acids is 2. The number of methoxy groups -OCH3 is 1. The number of carbonyl (C=O) groups is 2. The number of nitrogens with one attached hydrogen (secondary N) is 2. The summed E-state index contributed by atoms with van der Waals surface area (Å²) in [6, 6.07) is 11.0. The number of pyridine rings is 2. The van der Waals surface area contributed by atoms with E-state index in [0.29, 0.717) is 40.0 Å². The molecule has 270 valence electrons. The monoisotopic (exact) mass is 702 g/mol. The topological polar surface area (TPSA) is 135 Å². The predicted molar refractivity (Wildman–Crippen MR) is 198 cm³/mol. The van der Waals surface area contributed by atoms with Crippen molar-refractivity contribution in [2.45, 2.75) is 70.8 Å². The minimum atomic E-state index is -0.272. The number of piperazine rings is 1. The third-order valence-corrected chi connectivity index (χ3v) is 12.2. The Morgan fingerprint density at radius 3 is 2.35 bits per heavy atom. The van der Waals surface area contributed by atoms with Crippen LogP contribution in [0.25, 0.3) is 16.7 Å². The SMILES string of the molecule is COc1cc(N2CCN(C(=O)CC34CC5CC(CC(C5)C3)C4)CC2)ccc1Nc1ncc2c(C)cc(=O)n(-c3ccnc(C(=O)NC4CC4)c3)c2n1. The van der Waals surface area contributed by atoms with E-state index in [1.165, 1.54) is 49.3 Å². The van der Waals surface area contributed by atoms with Crippen LogP contribution >= 0.6 is 0 Å². The van der Waals surface area contributed by atoms with Crippen molar-refractivity contribution in [2.24, 2.45) is 23.2 Å². The van der Waals surface area contributed by atoms with Crippen molar-refractivity contribution < 1.29 is 14.3 Å². The highest BCUT2D eigenvalue weighted by Gasteiger charge is 2.51. The number of nitrogens with zero attached hydrogens (tertiary/aromatic N) is 6. The molecule has 12 nitrogen and oxygen atoms in total. The van der Waals surface area contributed by atoms with E-state index in [2.05, 4.69) is 30.4 Å². The molecule has 1 aromatic carbocycles. The lowest BCUT2D eigenvalue weighted by atomic mass is 9.49. The Labute approximate surface area is 303 Å². The van der Waals surface area contributed by atoms with Crippen molar-refractivity contribution in [1.29, 1.82) is 0 Å². The Morgan fingerprint density at radius 2 is 1.65 bits per heavy atom. The number of amides is 2. The number of fused-ring (bicyclic) bond motifs is 1. The number of benzene rings is 1. The summed E-state index contributed by atoms with van der Waals surface area (Å²) in [5.41, 5.74) is 3.59. The van der Waals surface area contributed by atoms with E-state index in [4.69, 9.17) is 9.72 Å². The molecule has 4 heterocycles. The Balaban J connectivity index is 0.902. The van der Waals surface area contributed by atoms with Crippen molar-refractivity contribution in [3.05, 3.63) is 70.4 Å². The Hall–Kier alpha value is -5.00. The van der Waals surface area contributed by atoms with E-state index in [-0.39, 0.29) is 28.6 Å². The van der Waals surface area contributed by atoms with Gasteiger partial charge in [0, 0.05) is 74.2 Å². The van der Waals surface area contributed by atoms with E-state index in [0.717, 1.165) is 74.4 Å². The second-order valence-electron chi connectivity index (χ2n) is 16.1. The van der Waals surface area contributed by atoms with Gasteiger partial charge in [0.25, 0.3) is 11.5 Å². The number of rotatable bonds is 9. The fourth-order valence-corrected chi connectivity index (χ4v) is 9.99.